The average molecular weight is 323 g/mol. The zero-order valence-electron chi connectivity index (χ0n) is 12.7. The number of halogens is 3. The van der Waals surface area contributed by atoms with E-state index in [9.17, 15) is 18.0 Å². The lowest BCUT2D eigenvalue weighted by molar-refractivity contribution is -0.138. The molecule has 7 heteroatoms. The van der Waals surface area contributed by atoms with Crippen molar-refractivity contribution in [3.63, 3.8) is 0 Å². The van der Waals surface area contributed by atoms with Crippen LogP contribution in [0.3, 0.4) is 0 Å². The third-order valence-electron chi connectivity index (χ3n) is 3.29. The van der Waals surface area contributed by atoms with Crippen LogP contribution in [0.1, 0.15) is 22.5 Å². The van der Waals surface area contributed by atoms with Crippen molar-refractivity contribution in [2.45, 2.75) is 26.6 Å². The lowest BCUT2D eigenvalue weighted by atomic mass is 10.1. The Kier molecular flexibility index (Phi) is 4.58. The summed E-state index contributed by atoms with van der Waals surface area (Å²) in [6, 6.07) is 5.71. The van der Waals surface area contributed by atoms with Gasteiger partial charge in [-0.1, -0.05) is 12.6 Å². The van der Waals surface area contributed by atoms with E-state index >= 15 is 0 Å². The van der Waals surface area contributed by atoms with Crippen molar-refractivity contribution in [2.75, 3.05) is 0 Å². The Bertz CT molecular complexity index is 748. The smallest absolute Gasteiger partial charge is 0.348 e. The number of alkyl halides is 3. The van der Waals surface area contributed by atoms with Crippen LogP contribution in [0, 0.1) is 13.8 Å². The number of aryl methyl sites for hydroxylation is 2. The topological polar surface area (TPSA) is 46.9 Å². The number of amides is 1. The van der Waals surface area contributed by atoms with Gasteiger partial charge in [-0.2, -0.15) is 18.3 Å². The predicted molar refractivity (Wildman–Crippen MR) is 80.1 cm³/mol. The van der Waals surface area contributed by atoms with Crippen molar-refractivity contribution in [3.05, 3.63) is 59.4 Å². The molecule has 122 valence electrons. The number of nitrogens with one attached hydrogen (secondary N) is 1. The molecular weight excluding hydrogens is 307 g/mol. The molecule has 1 amide bonds. The maximum atomic E-state index is 13.3. The second-order valence-electron chi connectivity index (χ2n) is 5.10. The molecule has 0 atom stereocenters. The van der Waals surface area contributed by atoms with Crippen molar-refractivity contribution in [1.29, 1.82) is 0 Å². The number of carbonyl (C=O) groups excluding carboxylic acids is 1. The van der Waals surface area contributed by atoms with E-state index in [0.717, 1.165) is 23.5 Å². The summed E-state index contributed by atoms with van der Waals surface area (Å²) in [4.78, 5) is 11.2. The number of nitrogens with zero attached hydrogens (tertiary/aromatic N) is 2. The predicted octanol–water partition coefficient (Wildman–Crippen LogP) is 3.31. The Morgan fingerprint density at radius 3 is 2.57 bits per heavy atom. The SMILES string of the molecule is C=CC(=O)NCc1ccc(-n2nc(C)cc2C)cc1C(F)(F)F. The lowest BCUT2D eigenvalue weighted by Crippen LogP contribution is -2.22. The molecule has 0 spiro atoms. The summed E-state index contributed by atoms with van der Waals surface area (Å²) in [7, 11) is 0. The van der Waals surface area contributed by atoms with E-state index in [0.29, 0.717) is 5.69 Å². The molecule has 1 N–H and O–H groups in total. The molecule has 0 saturated heterocycles. The molecule has 2 rings (SSSR count). The Hall–Kier alpha value is -2.57. The van der Waals surface area contributed by atoms with E-state index < -0.39 is 17.6 Å². The molecule has 1 aromatic heterocycles. The van der Waals surface area contributed by atoms with Crippen LogP contribution < -0.4 is 5.32 Å². The molecule has 0 aliphatic carbocycles. The first-order chi connectivity index (χ1) is 10.7. The zero-order valence-corrected chi connectivity index (χ0v) is 12.7. The fourth-order valence-corrected chi connectivity index (χ4v) is 2.26. The molecular formula is C16H16F3N3O. The van der Waals surface area contributed by atoms with E-state index in [-0.39, 0.29) is 12.1 Å². The lowest BCUT2D eigenvalue weighted by Gasteiger charge is -2.15. The molecule has 4 nitrogen and oxygen atoms in total. The van der Waals surface area contributed by atoms with Gasteiger partial charge in [0.2, 0.25) is 5.91 Å². The minimum absolute atomic E-state index is 0.0158. The molecule has 0 saturated carbocycles. The molecule has 0 fully saturated rings. The number of carbonyl (C=O) groups is 1. The summed E-state index contributed by atoms with van der Waals surface area (Å²) >= 11 is 0. The summed E-state index contributed by atoms with van der Waals surface area (Å²) < 4.78 is 41.3. The van der Waals surface area contributed by atoms with Crippen LogP contribution in [0.25, 0.3) is 5.69 Å². The molecule has 23 heavy (non-hydrogen) atoms. The van der Waals surface area contributed by atoms with Crippen LogP contribution in [0.5, 0.6) is 0 Å². The van der Waals surface area contributed by atoms with Gasteiger partial charge in [0.15, 0.2) is 0 Å². The van der Waals surface area contributed by atoms with Crippen molar-refractivity contribution in [1.82, 2.24) is 15.1 Å². The zero-order chi connectivity index (χ0) is 17.2. The van der Waals surface area contributed by atoms with Gasteiger partial charge in [0.1, 0.15) is 0 Å². The first-order valence-corrected chi connectivity index (χ1v) is 6.86. The highest BCUT2D eigenvalue weighted by Crippen LogP contribution is 2.33. The summed E-state index contributed by atoms with van der Waals surface area (Å²) in [6.07, 6.45) is -3.52. The molecule has 1 aromatic carbocycles. The fraction of sp³-hybridized carbons (Fsp3) is 0.250. The third-order valence-corrected chi connectivity index (χ3v) is 3.29. The van der Waals surface area contributed by atoms with E-state index in [1.165, 1.54) is 10.7 Å². The maximum Gasteiger partial charge on any atom is 0.416 e. The van der Waals surface area contributed by atoms with Crippen LogP contribution in [-0.2, 0) is 17.5 Å². The number of hydrogen-bond acceptors (Lipinski definition) is 2. The van der Waals surface area contributed by atoms with Crippen LogP contribution >= 0.6 is 0 Å². The summed E-state index contributed by atoms with van der Waals surface area (Å²) in [5, 5.41) is 6.54. The van der Waals surface area contributed by atoms with Gasteiger partial charge in [-0.15, -0.1) is 0 Å². The van der Waals surface area contributed by atoms with Gasteiger partial charge in [0.05, 0.1) is 16.9 Å². The second-order valence-corrected chi connectivity index (χ2v) is 5.10. The van der Waals surface area contributed by atoms with Crippen LogP contribution in [0.2, 0.25) is 0 Å². The highest BCUT2D eigenvalue weighted by atomic mass is 19.4. The fourth-order valence-electron chi connectivity index (χ4n) is 2.26. The summed E-state index contributed by atoms with van der Waals surface area (Å²) in [5.41, 5.74) is 0.966. The average Bonchev–Trinajstić information content (AvgIpc) is 2.82. The van der Waals surface area contributed by atoms with Gasteiger partial charge in [0, 0.05) is 12.2 Å². The number of benzene rings is 1. The molecule has 2 aromatic rings. The van der Waals surface area contributed by atoms with Gasteiger partial charge in [-0.05, 0) is 43.7 Å². The van der Waals surface area contributed by atoms with Gasteiger partial charge in [0.25, 0.3) is 0 Å². The van der Waals surface area contributed by atoms with Crippen LogP contribution in [-0.4, -0.2) is 15.7 Å². The number of hydrogen-bond donors (Lipinski definition) is 1. The van der Waals surface area contributed by atoms with Crippen LogP contribution in [0.15, 0.2) is 36.9 Å². The second kappa shape index (κ2) is 6.28. The Morgan fingerprint density at radius 2 is 2.04 bits per heavy atom. The highest BCUT2D eigenvalue weighted by molar-refractivity contribution is 5.86. The number of rotatable bonds is 4. The van der Waals surface area contributed by atoms with E-state index in [1.54, 1.807) is 26.0 Å². The Morgan fingerprint density at radius 1 is 1.35 bits per heavy atom. The minimum Gasteiger partial charge on any atom is -0.348 e. The number of aromatic nitrogens is 2. The molecule has 0 unspecified atom stereocenters. The maximum absolute atomic E-state index is 13.3. The molecule has 0 radical (unpaired) electrons. The Labute approximate surface area is 131 Å². The van der Waals surface area contributed by atoms with E-state index in [1.807, 2.05) is 0 Å². The van der Waals surface area contributed by atoms with Crippen molar-refractivity contribution in [2.24, 2.45) is 0 Å². The minimum atomic E-state index is -4.53. The van der Waals surface area contributed by atoms with Gasteiger partial charge in [-0.3, -0.25) is 4.79 Å². The quantitative estimate of drug-likeness (QED) is 0.878. The van der Waals surface area contributed by atoms with E-state index in [2.05, 4.69) is 17.0 Å². The van der Waals surface area contributed by atoms with Crippen molar-refractivity contribution >= 4 is 5.91 Å². The van der Waals surface area contributed by atoms with Gasteiger partial charge in [-0.25, -0.2) is 4.68 Å². The first-order valence-electron chi connectivity index (χ1n) is 6.86. The standard InChI is InChI=1S/C16H16F3N3O/c1-4-15(23)20-9-12-5-6-13(8-14(12)16(17,18)19)22-11(3)7-10(2)21-22/h4-8H,1,9H2,2-3H3,(H,20,23). The largest absolute Gasteiger partial charge is 0.416 e. The normalized spacial score (nSPS) is 11.3. The summed E-state index contributed by atoms with van der Waals surface area (Å²) in [6.45, 7) is 6.58. The first kappa shape index (κ1) is 16.8. The summed E-state index contributed by atoms with van der Waals surface area (Å²) in [5.74, 6) is -0.527. The molecule has 0 bridgehead atoms. The monoisotopic (exact) mass is 323 g/mol. The van der Waals surface area contributed by atoms with Crippen LogP contribution in [0.4, 0.5) is 13.2 Å². The molecule has 1 heterocycles. The molecule has 0 aliphatic heterocycles. The molecule has 0 aliphatic rings. The Balaban J connectivity index is 2.44. The van der Waals surface area contributed by atoms with Gasteiger partial charge < -0.3 is 5.32 Å². The van der Waals surface area contributed by atoms with Gasteiger partial charge >= 0.3 is 6.18 Å². The van der Waals surface area contributed by atoms with Crippen molar-refractivity contribution < 1.29 is 18.0 Å². The van der Waals surface area contributed by atoms with E-state index in [4.69, 9.17) is 0 Å². The highest BCUT2D eigenvalue weighted by Gasteiger charge is 2.33. The third kappa shape index (κ3) is 3.80. The van der Waals surface area contributed by atoms with Crippen molar-refractivity contribution in [3.8, 4) is 5.69 Å².